The molecule has 0 aliphatic heterocycles. The normalized spacial score (nSPS) is 15.1. The molecule has 1 aromatic carbocycles. The zero-order valence-corrected chi connectivity index (χ0v) is 9.39. The fourth-order valence-electron chi connectivity index (χ4n) is 1.87. The summed E-state index contributed by atoms with van der Waals surface area (Å²) in [5, 5.41) is 14.0. The minimum Gasteiger partial charge on any atom is -0.379 e. The second kappa shape index (κ2) is 4.95. The maximum Gasteiger partial charge on any atom is 0.293 e. The molecule has 0 atom stereocenters. The lowest BCUT2D eigenvalue weighted by Gasteiger charge is -2.25. The van der Waals surface area contributed by atoms with Crippen LogP contribution in [0.2, 0.25) is 0 Å². The summed E-state index contributed by atoms with van der Waals surface area (Å²) in [6.45, 7) is 0.765. The van der Waals surface area contributed by atoms with Gasteiger partial charge >= 0.3 is 0 Å². The molecule has 0 saturated heterocycles. The zero-order chi connectivity index (χ0) is 12.3. The highest BCUT2D eigenvalue weighted by atomic mass is 16.6. The van der Waals surface area contributed by atoms with E-state index >= 15 is 0 Å². The molecule has 0 bridgehead atoms. The van der Waals surface area contributed by atoms with Gasteiger partial charge in [0.2, 0.25) is 0 Å². The Morgan fingerprint density at radius 2 is 2.24 bits per heavy atom. The van der Waals surface area contributed by atoms with Crippen molar-refractivity contribution < 1.29 is 9.72 Å². The van der Waals surface area contributed by atoms with Crippen molar-refractivity contribution in [3.8, 4) is 0 Å². The summed E-state index contributed by atoms with van der Waals surface area (Å²) in [5.41, 5.74) is 0.785. The van der Waals surface area contributed by atoms with Crippen LogP contribution >= 0.6 is 0 Å². The summed E-state index contributed by atoms with van der Waals surface area (Å²) < 4.78 is 0. The Hall–Kier alpha value is -1.91. The van der Waals surface area contributed by atoms with Gasteiger partial charge in [0.05, 0.1) is 4.92 Å². The molecule has 90 valence electrons. The van der Waals surface area contributed by atoms with Crippen LogP contribution in [0.4, 0.5) is 11.4 Å². The van der Waals surface area contributed by atoms with E-state index in [1.807, 2.05) is 0 Å². The first-order valence-corrected chi connectivity index (χ1v) is 5.68. The number of hydrogen-bond acceptors (Lipinski definition) is 4. The van der Waals surface area contributed by atoms with Crippen LogP contribution in [0.5, 0.6) is 0 Å². The van der Waals surface area contributed by atoms with E-state index in [9.17, 15) is 14.9 Å². The first-order chi connectivity index (χ1) is 8.20. The summed E-state index contributed by atoms with van der Waals surface area (Å²) in [6, 6.07) is 4.49. The average Bonchev–Trinajstić information content (AvgIpc) is 2.27. The van der Waals surface area contributed by atoms with Gasteiger partial charge in [-0.1, -0.05) is 6.42 Å². The third-order valence-corrected chi connectivity index (χ3v) is 3.16. The molecule has 17 heavy (non-hydrogen) atoms. The molecular formula is C12H14N2O3. The van der Waals surface area contributed by atoms with Gasteiger partial charge in [0.25, 0.3) is 5.69 Å². The summed E-state index contributed by atoms with van der Waals surface area (Å²) in [6.07, 6.45) is 4.24. The molecular weight excluding hydrogens is 220 g/mol. The predicted molar refractivity (Wildman–Crippen MR) is 64.3 cm³/mol. The summed E-state index contributed by atoms with van der Waals surface area (Å²) in [5.74, 6) is 0.625. The molecule has 0 heterocycles. The van der Waals surface area contributed by atoms with E-state index in [1.165, 1.54) is 25.3 Å². The SMILES string of the molecule is O=Cc1ccc(NCC2CCC2)c([N+](=O)[O-])c1. The molecule has 1 fully saturated rings. The molecule has 1 aliphatic carbocycles. The Balaban J connectivity index is 2.13. The van der Waals surface area contributed by atoms with Crippen molar-refractivity contribution in [2.75, 3.05) is 11.9 Å². The quantitative estimate of drug-likeness (QED) is 0.483. The smallest absolute Gasteiger partial charge is 0.293 e. The van der Waals surface area contributed by atoms with Gasteiger partial charge in [0.15, 0.2) is 0 Å². The standard InChI is InChI=1S/C12H14N2O3/c15-8-10-4-5-11(12(6-10)14(16)17)13-7-9-2-1-3-9/h4-6,8-9,13H,1-3,7H2. The van der Waals surface area contributed by atoms with Gasteiger partial charge in [-0.2, -0.15) is 0 Å². The second-order valence-corrected chi connectivity index (χ2v) is 4.33. The number of carbonyl (C=O) groups excluding carboxylic acids is 1. The number of nitro benzene ring substituents is 1. The van der Waals surface area contributed by atoms with Crippen molar-refractivity contribution in [3.63, 3.8) is 0 Å². The fourth-order valence-corrected chi connectivity index (χ4v) is 1.87. The molecule has 0 amide bonds. The van der Waals surface area contributed by atoms with Crippen LogP contribution < -0.4 is 5.32 Å². The number of nitrogens with one attached hydrogen (secondary N) is 1. The predicted octanol–water partition coefficient (Wildman–Crippen LogP) is 2.62. The molecule has 1 saturated carbocycles. The van der Waals surface area contributed by atoms with Gasteiger partial charge in [-0.05, 0) is 30.9 Å². The number of nitro groups is 1. The summed E-state index contributed by atoms with van der Waals surface area (Å²) >= 11 is 0. The first-order valence-electron chi connectivity index (χ1n) is 5.68. The van der Waals surface area contributed by atoms with Crippen molar-refractivity contribution in [1.82, 2.24) is 0 Å². The lowest BCUT2D eigenvalue weighted by Crippen LogP contribution is -2.21. The van der Waals surface area contributed by atoms with E-state index in [0.717, 1.165) is 6.54 Å². The van der Waals surface area contributed by atoms with E-state index in [4.69, 9.17) is 0 Å². The Labute approximate surface area is 99.0 Å². The van der Waals surface area contributed by atoms with Crippen LogP contribution in [0, 0.1) is 16.0 Å². The molecule has 1 aromatic rings. The fraction of sp³-hybridized carbons (Fsp3) is 0.417. The van der Waals surface area contributed by atoms with Crippen LogP contribution in [-0.2, 0) is 0 Å². The Morgan fingerprint density at radius 3 is 2.76 bits per heavy atom. The monoisotopic (exact) mass is 234 g/mol. The largest absolute Gasteiger partial charge is 0.379 e. The molecule has 0 aromatic heterocycles. The molecule has 1 N–H and O–H groups in total. The highest BCUT2D eigenvalue weighted by Gasteiger charge is 2.19. The first kappa shape index (κ1) is 11.6. The average molecular weight is 234 g/mol. The summed E-state index contributed by atoms with van der Waals surface area (Å²) in [7, 11) is 0. The number of rotatable bonds is 5. The molecule has 5 heteroatoms. The van der Waals surface area contributed by atoms with E-state index in [0.29, 0.717) is 23.5 Å². The van der Waals surface area contributed by atoms with E-state index < -0.39 is 4.92 Å². The number of benzene rings is 1. The van der Waals surface area contributed by atoms with Crippen molar-refractivity contribution in [3.05, 3.63) is 33.9 Å². The topological polar surface area (TPSA) is 72.2 Å². The van der Waals surface area contributed by atoms with Crippen molar-refractivity contribution in [2.45, 2.75) is 19.3 Å². The maximum atomic E-state index is 10.9. The number of carbonyl (C=O) groups is 1. The lowest BCUT2D eigenvalue weighted by molar-refractivity contribution is -0.384. The van der Waals surface area contributed by atoms with Crippen LogP contribution in [0.3, 0.4) is 0 Å². The molecule has 1 aliphatic rings. The number of nitrogens with zero attached hydrogens (tertiary/aromatic N) is 1. The van der Waals surface area contributed by atoms with Crippen LogP contribution in [0.15, 0.2) is 18.2 Å². The van der Waals surface area contributed by atoms with Gasteiger partial charge < -0.3 is 5.32 Å². The molecule has 5 nitrogen and oxygen atoms in total. The third-order valence-electron chi connectivity index (χ3n) is 3.16. The van der Waals surface area contributed by atoms with Crippen molar-refractivity contribution >= 4 is 17.7 Å². The van der Waals surface area contributed by atoms with Crippen LogP contribution in [0.25, 0.3) is 0 Å². The minimum absolute atomic E-state index is 0.0334. The highest BCUT2D eigenvalue weighted by Crippen LogP contribution is 2.29. The van der Waals surface area contributed by atoms with Gasteiger partial charge in [-0.3, -0.25) is 14.9 Å². The molecule has 0 spiro atoms. The number of aldehydes is 1. The van der Waals surface area contributed by atoms with Gasteiger partial charge in [0.1, 0.15) is 12.0 Å². The Kier molecular flexibility index (Phi) is 3.37. The highest BCUT2D eigenvalue weighted by molar-refractivity contribution is 5.79. The zero-order valence-electron chi connectivity index (χ0n) is 9.39. The number of hydrogen-bond donors (Lipinski definition) is 1. The van der Waals surface area contributed by atoms with E-state index in [-0.39, 0.29) is 5.69 Å². The van der Waals surface area contributed by atoms with Crippen molar-refractivity contribution in [1.29, 1.82) is 0 Å². The van der Waals surface area contributed by atoms with Gasteiger partial charge in [0, 0.05) is 18.2 Å². The van der Waals surface area contributed by atoms with Crippen molar-refractivity contribution in [2.24, 2.45) is 5.92 Å². The van der Waals surface area contributed by atoms with Gasteiger partial charge in [-0.25, -0.2) is 0 Å². The Bertz CT molecular complexity index is 441. The minimum atomic E-state index is -0.462. The second-order valence-electron chi connectivity index (χ2n) is 4.33. The van der Waals surface area contributed by atoms with Crippen LogP contribution in [0.1, 0.15) is 29.6 Å². The Morgan fingerprint density at radius 1 is 1.47 bits per heavy atom. The molecule has 0 unspecified atom stereocenters. The summed E-state index contributed by atoms with van der Waals surface area (Å²) in [4.78, 5) is 21.0. The van der Waals surface area contributed by atoms with E-state index in [1.54, 1.807) is 12.1 Å². The number of anilines is 1. The molecule has 2 rings (SSSR count). The van der Waals surface area contributed by atoms with Gasteiger partial charge in [-0.15, -0.1) is 0 Å². The molecule has 0 radical (unpaired) electrons. The maximum absolute atomic E-state index is 10.9. The third kappa shape index (κ3) is 2.61. The van der Waals surface area contributed by atoms with E-state index in [2.05, 4.69) is 5.32 Å². The lowest BCUT2D eigenvalue weighted by atomic mass is 9.85. The van der Waals surface area contributed by atoms with Crippen LogP contribution in [-0.4, -0.2) is 17.8 Å².